The molecule has 0 amide bonds. The van der Waals surface area contributed by atoms with Crippen molar-refractivity contribution in [3.05, 3.63) is 23.8 Å². The Kier molecular flexibility index (Phi) is 2.73. The summed E-state index contributed by atoms with van der Waals surface area (Å²) in [5.74, 6) is 4.46. The predicted molar refractivity (Wildman–Crippen MR) is 67.7 cm³/mol. The standard InChI is InChI=1S/C15H20O2/c1-16-12-5-6-13(15(9-12)17-2)14-8-10-3-4-11(14)7-10/h5-6,9-11,14H,3-4,7-8H2,1-2H3. The minimum absolute atomic E-state index is 0.717. The van der Waals surface area contributed by atoms with E-state index in [1.807, 2.05) is 6.07 Å². The van der Waals surface area contributed by atoms with Crippen molar-refractivity contribution >= 4 is 0 Å². The summed E-state index contributed by atoms with van der Waals surface area (Å²) in [5, 5.41) is 0. The van der Waals surface area contributed by atoms with Crippen molar-refractivity contribution in [1.82, 2.24) is 0 Å². The molecule has 2 aliphatic carbocycles. The van der Waals surface area contributed by atoms with Gasteiger partial charge in [-0.15, -0.1) is 0 Å². The Morgan fingerprint density at radius 1 is 1.06 bits per heavy atom. The molecule has 17 heavy (non-hydrogen) atoms. The molecule has 2 nitrogen and oxygen atoms in total. The Labute approximate surface area is 103 Å². The van der Waals surface area contributed by atoms with Crippen LogP contribution in [-0.2, 0) is 0 Å². The Bertz CT molecular complexity index is 413. The quantitative estimate of drug-likeness (QED) is 0.792. The molecule has 92 valence electrons. The van der Waals surface area contributed by atoms with Gasteiger partial charge in [0, 0.05) is 6.07 Å². The van der Waals surface area contributed by atoms with Gasteiger partial charge in [-0.3, -0.25) is 0 Å². The molecule has 2 saturated carbocycles. The summed E-state index contributed by atoms with van der Waals surface area (Å²) in [6.45, 7) is 0. The number of rotatable bonds is 3. The third-order valence-electron chi connectivity index (χ3n) is 4.58. The van der Waals surface area contributed by atoms with E-state index < -0.39 is 0 Å². The highest BCUT2D eigenvalue weighted by molar-refractivity contribution is 5.43. The minimum atomic E-state index is 0.717. The molecule has 0 aromatic heterocycles. The molecule has 0 N–H and O–H groups in total. The minimum Gasteiger partial charge on any atom is -0.497 e. The van der Waals surface area contributed by atoms with Gasteiger partial charge in [0.25, 0.3) is 0 Å². The molecule has 3 rings (SSSR count). The maximum atomic E-state index is 5.53. The fourth-order valence-corrected chi connectivity index (χ4v) is 3.75. The highest BCUT2D eigenvalue weighted by Crippen LogP contribution is 2.54. The van der Waals surface area contributed by atoms with E-state index in [9.17, 15) is 0 Å². The Balaban J connectivity index is 1.92. The van der Waals surface area contributed by atoms with E-state index in [1.165, 1.54) is 31.2 Å². The highest BCUT2D eigenvalue weighted by Gasteiger charge is 2.41. The highest BCUT2D eigenvalue weighted by atomic mass is 16.5. The van der Waals surface area contributed by atoms with E-state index in [-0.39, 0.29) is 0 Å². The summed E-state index contributed by atoms with van der Waals surface area (Å²) >= 11 is 0. The predicted octanol–water partition coefficient (Wildman–Crippen LogP) is 3.61. The zero-order valence-electron chi connectivity index (χ0n) is 10.6. The molecular formula is C15H20O2. The molecule has 2 fully saturated rings. The van der Waals surface area contributed by atoms with Crippen molar-refractivity contribution in [1.29, 1.82) is 0 Å². The molecule has 3 unspecified atom stereocenters. The Hall–Kier alpha value is -1.18. The summed E-state index contributed by atoms with van der Waals surface area (Å²) in [6, 6.07) is 6.27. The average Bonchev–Trinajstić information content (AvgIpc) is 3.00. The molecule has 0 spiro atoms. The molecule has 0 radical (unpaired) electrons. The van der Waals surface area contributed by atoms with Crippen LogP contribution in [0.25, 0.3) is 0 Å². The van der Waals surface area contributed by atoms with Crippen LogP contribution in [0.1, 0.15) is 37.2 Å². The molecule has 1 aromatic rings. The van der Waals surface area contributed by atoms with Gasteiger partial charge in [-0.2, -0.15) is 0 Å². The fourth-order valence-electron chi connectivity index (χ4n) is 3.75. The van der Waals surface area contributed by atoms with Gasteiger partial charge < -0.3 is 9.47 Å². The van der Waals surface area contributed by atoms with Crippen molar-refractivity contribution < 1.29 is 9.47 Å². The van der Waals surface area contributed by atoms with Gasteiger partial charge in [-0.05, 0) is 48.6 Å². The van der Waals surface area contributed by atoms with E-state index in [0.29, 0.717) is 0 Å². The number of hydrogen-bond donors (Lipinski definition) is 0. The van der Waals surface area contributed by atoms with Crippen LogP contribution in [0.4, 0.5) is 0 Å². The summed E-state index contributed by atoms with van der Waals surface area (Å²) in [4.78, 5) is 0. The zero-order valence-corrected chi connectivity index (χ0v) is 10.6. The van der Waals surface area contributed by atoms with Crippen LogP contribution in [0.3, 0.4) is 0 Å². The van der Waals surface area contributed by atoms with E-state index in [2.05, 4.69) is 12.1 Å². The van der Waals surface area contributed by atoms with Crippen molar-refractivity contribution in [2.45, 2.75) is 31.6 Å². The number of methoxy groups -OCH3 is 2. The first-order valence-electron chi connectivity index (χ1n) is 6.53. The second-order valence-electron chi connectivity index (χ2n) is 5.39. The summed E-state index contributed by atoms with van der Waals surface area (Å²) in [6.07, 6.45) is 5.64. The van der Waals surface area contributed by atoms with Crippen LogP contribution in [0.2, 0.25) is 0 Å². The van der Waals surface area contributed by atoms with E-state index in [4.69, 9.17) is 9.47 Å². The van der Waals surface area contributed by atoms with Gasteiger partial charge in [0.05, 0.1) is 14.2 Å². The largest absolute Gasteiger partial charge is 0.497 e. The van der Waals surface area contributed by atoms with Gasteiger partial charge >= 0.3 is 0 Å². The lowest BCUT2D eigenvalue weighted by atomic mass is 9.83. The number of benzene rings is 1. The van der Waals surface area contributed by atoms with Crippen LogP contribution in [-0.4, -0.2) is 14.2 Å². The normalized spacial score (nSPS) is 30.6. The maximum Gasteiger partial charge on any atom is 0.126 e. The van der Waals surface area contributed by atoms with E-state index in [1.54, 1.807) is 14.2 Å². The number of ether oxygens (including phenoxy) is 2. The first kappa shape index (κ1) is 10.9. The molecule has 2 bridgehead atoms. The lowest BCUT2D eigenvalue weighted by molar-refractivity contribution is 0.370. The number of fused-ring (bicyclic) bond motifs is 2. The molecule has 3 atom stereocenters. The van der Waals surface area contributed by atoms with Crippen molar-refractivity contribution in [3.8, 4) is 11.5 Å². The van der Waals surface area contributed by atoms with Crippen LogP contribution in [0.5, 0.6) is 11.5 Å². The molecule has 0 aliphatic heterocycles. The Morgan fingerprint density at radius 2 is 1.94 bits per heavy atom. The first-order chi connectivity index (χ1) is 8.31. The Morgan fingerprint density at radius 3 is 2.53 bits per heavy atom. The molecule has 2 aliphatic rings. The van der Waals surface area contributed by atoms with Crippen LogP contribution in [0, 0.1) is 11.8 Å². The maximum absolute atomic E-state index is 5.53. The lowest BCUT2D eigenvalue weighted by Crippen LogP contribution is -2.09. The van der Waals surface area contributed by atoms with Gasteiger partial charge in [0.2, 0.25) is 0 Å². The summed E-state index contributed by atoms with van der Waals surface area (Å²) in [5.41, 5.74) is 1.39. The van der Waals surface area contributed by atoms with Gasteiger partial charge in [0.15, 0.2) is 0 Å². The van der Waals surface area contributed by atoms with E-state index in [0.717, 1.165) is 29.3 Å². The van der Waals surface area contributed by atoms with Gasteiger partial charge in [-0.1, -0.05) is 12.5 Å². The van der Waals surface area contributed by atoms with Crippen molar-refractivity contribution in [2.24, 2.45) is 11.8 Å². The lowest BCUT2D eigenvalue weighted by Gasteiger charge is -2.24. The first-order valence-corrected chi connectivity index (χ1v) is 6.53. The summed E-state index contributed by atoms with van der Waals surface area (Å²) in [7, 11) is 3.46. The second kappa shape index (κ2) is 4.25. The van der Waals surface area contributed by atoms with Gasteiger partial charge in [-0.25, -0.2) is 0 Å². The average molecular weight is 232 g/mol. The fraction of sp³-hybridized carbons (Fsp3) is 0.600. The van der Waals surface area contributed by atoms with E-state index >= 15 is 0 Å². The second-order valence-corrected chi connectivity index (χ2v) is 5.39. The van der Waals surface area contributed by atoms with Crippen molar-refractivity contribution in [3.63, 3.8) is 0 Å². The van der Waals surface area contributed by atoms with Crippen molar-refractivity contribution in [2.75, 3.05) is 14.2 Å². The molecule has 0 heterocycles. The molecule has 0 saturated heterocycles. The topological polar surface area (TPSA) is 18.5 Å². The zero-order chi connectivity index (χ0) is 11.8. The molecule has 1 aromatic carbocycles. The van der Waals surface area contributed by atoms with Gasteiger partial charge in [0.1, 0.15) is 11.5 Å². The third kappa shape index (κ3) is 1.80. The van der Waals surface area contributed by atoms with Crippen LogP contribution in [0.15, 0.2) is 18.2 Å². The smallest absolute Gasteiger partial charge is 0.126 e. The van der Waals surface area contributed by atoms with Crippen LogP contribution < -0.4 is 9.47 Å². The molecule has 2 heteroatoms. The van der Waals surface area contributed by atoms with Crippen LogP contribution >= 0.6 is 0 Å². The third-order valence-corrected chi connectivity index (χ3v) is 4.58. The molecular weight excluding hydrogens is 212 g/mol. The monoisotopic (exact) mass is 232 g/mol. The summed E-state index contributed by atoms with van der Waals surface area (Å²) < 4.78 is 10.8. The number of hydrogen-bond acceptors (Lipinski definition) is 2. The SMILES string of the molecule is COc1ccc(C2CC3CCC2C3)c(OC)c1.